The highest BCUT2D eigenvalue weighted by molar-refractivity contribution is 7.15. The van der Waals surface area contributed by atoms with Gasteiger partial charge in [-0.15, -0.1) is 32.9 Å². The van der Waals surface area contributed by atoms with E-state index in [2.05, 4.69) is 69.2 Å². The van der Waals surface area contributed by atoms with Crippen molar-refractivity contribution in [1.29, 1.82) is 0 Å². The van der Waals surface area contributed by atoms with Crippen molar-refractivity contribution in [3.8, 4) is 15.4 Å². The van der Waals surface area contributed by atoms with Gasteiger partial charge in [-0.05, 0) is 63.6 Å². The number of benzene rings is 2. The minimum Gasteiger partial charge on any atom is -0.391 e. The van der Waals surface area contributed by atoms with E-state index in [0.29, 0.717) is 17.2 Å². The number of amides is 4. The predicted molar refractivity (Wildman–Crippen MR) is 274 cm³/mol. The number of hydrogen-bond acceptors (Lipinski definition) is 14. The summed E-state index contributed by atoms with van der Waals surface area (Å²) >= 11 is 3.23. The zero-order valence-corrected chi connectivity index (χ0v) is 43.6. The Morgan fingerprint density at radius 1 is 0.887 bits per heavy atom. The van der Waals surface area contributed by atoms with Gasteiger partial charge in [-0.25, -0.2) is 4.98 Å². The third kappa shape index (κ3) is 12.6. The lowest BCUT2D eigenvalue weighted by Crippen LogP contribution is -2.58. The van der Waals surface area contributed by atoms with Crippen LogP contribution in [0.2, 0.25) is 0 Å². The lowest BCUT2D eigenvalue weighted by atomic mass is 9.85. The molecule has 17 nitrogen and oxygen atoms in total. The number of fused-ring (bicyclic) bond motifs is 3. The van der Waals surface area contributed by atoms with Crippen LogP contribution in [-0.2, 0) is 39.9 Å². The van der Waals surface area contributed by atoms with Crippen molar-refractivity contribution in [2.24, 2.45) is 10.4 Å². The fourth-order valence-electron chi connectivity index (χ4n) is 8.58. The van der Waals surface area contributed by atoms with Crippen LogP contribution in [0.5, 0.6) is 0 Å². The smallest absolute Gasteiger partial charge is 0.249 e. The largest absolute Gasteiger partial charge is 0.391 e. The van der Waals surface area contributed by atoms with Crippen molar-refractivity contribution < 1.29 is 38.5 Å². The SMILES string of the molecule is C/C=C(\C(=O)NCCOCCOCCOCC(=O)N[C@H](C(=O)N1C[C@H](O)C[C@H]1C(=O)NCc1ccc(-c2scnc2C)cc1)C(C)(C)C)[C@@H]1N=C(c2ccc(C)cc2)c2c(sc(C)c2C)-n2c(C)nnc21. The summed E-state index contributed by atoms with van der Waals surface area (Å²) in [7, 11) is 0. The molecule has 2 aromatic carbocycles. The maximum Gasteiger partial charge on any atom is 0.249 e. The number of aryl methyl sites for hydroxylation is 4. The number of likely N-dealkylation sites (tertiary alicyclic amines) is 1. The van der Waals surface area contributed by atoms with Crippen molar-refractivity contribution in [1.82, 2.24) is 40.6 Å². The van der Waals surface area contributed by atoms with Gasteiger partial charge in [0.05, 0.1) is 60.9 Å². The summed E-state index contributed by atoms with van der Waals surface area (Å²) < 4.78 is 19.0. The molecule has 0 bridgehead atoms. The number of ether oxygens (including phenoxy) is 3. The fourth-order valence-corrected chi connectivity index (χ4v) is 10.6. The van der Waals surface area contributed by atoms with Gasteiger partial charge in [0.1, 0.15) is 35.6 Å². The van der Waals surface area contributed by atoms with Crippen LogP contribution in [0, 0.1) is 40.0 Å². The predicted octanol–water partition coefficient (Wildman–Crippen LogP) is 5.81. The number of aliphatic hydroxyl groups is 1. The number of carbonyl (C=O) groups excluding carboxylic acids is 4. The van der Waals surface area contributed by atoms with Crippen molar-refractivity contribution in [2.75, 3.05) is 52.7 Å². The van der Waals surface area contributed by atoms with E-state index in [-0.39, 0.29) is 77.5 Å². The van der Waals surface area contributed by atoms with Crippen molar-refractivity contribution in [3.05, 3.63) is 116 Å². The molecule has 5 heterocycles. The maximum absolute atomic E-state index is 14.0. The summed E-state index contributed by atoms with van der Waals surface area (Å²) in [6, 6.07) is 13.5. The first-order chi connectivity index (χ1) is 34.0. The van der Waals surface area contributed by atoms with E-state index in [1.54, 1.807) is 28.7 Å². The molecule has 3 aromatic heterocycles. The molecule has 2 aliphatic rings. The Morgan fingerprint density at radius 3 is 2.23 bits per heavy atom. The summed E-state index contributed by atoms with van der Waals surface area (Å²) in [5.41, 5.74) is 9.47. The van der Waals surface area contributed by atoms with E-state index in [9.17, 15) is 24.3 Å². The number of allylic oxidation sites excluding steroid dienone is 1. The lowest BCUT2D eigenvalue weighted by molar-refractivity contribution is -0.144. The molecule has 4 N–H and O–H groups in total. The number of thiophene rings is 1. The van der Waals surface area contributed by atoms with E-state index < -0.39 is 41.5 Å². The number of aromatic nitrogens is 4. The van der Waals surface area contributed by atoms with Crippen molar-refractivity contribution in [2.45, 2.75) is 99.5 Å². The number of β-amino-alcohol motifs (C(OH)–C–C–N with tert-alkyl or cyclic N) is 1. The van der Waals surface area contributed by atoms with Gasteiger partial charge in [-0.3, -0.25) is 28.7 Å². The van der Waals surface area contributed by atoms with Gasteiger partial charge in [0.25, 0.3) is 0 Å². The molecule has 0 saturated carbocycles. The highest BCUT2D eigenvalue weighted by atomic mass is 32.1. The number of rotatable bonds is 20. The number of nitrogens with zero attached hydrogens (tertiary/aromatic N) is 6. The van der Waals surface area contributed by atoms with Crippen LogP contribution in [-0.4, -0.2) is 130 Å². The zero-order valence-electron chi connectivity index (χ0n) is 42.0. The molecule has 5 aromatic rings. The van der Waals surface area contributed by atoms with Crippen LogP contribution in [0.1, 0.15) is 90.2 Å². The Kier molecular flexibility index (Phi) is 17.5. The number of nitrogens with one attached hydrogen (secondary N) is 3. The van der Waals surface area contributed by atoms with Gasteiger partial charge >= 0.3 is 0 Å². The Morgan fingerprint density at radius 2 is 1.56 bits per heavy atom. The minimum absolute atomic E-state index is 0.0281. The molecule has 0 radical (unpaired) electrons. The Balaban J connectivity index is 0.819. The molecule has 19 heteroatoms. The highest BCUT2D eigenvalue weighted by Gasteiger charge is 2.44. The first-order valence-corrected chi connectivity index (χ1v) is 25.6. The van der Waals surface area contributed by atoms with Crippen LogP contribution in [0.15, 0.2) is 70.7 Å². The minimum atomic E-state index is -0.985. The summed E-state index contributed by atoms with van der Waals surface area (Å²) in [6.07, 6.45) is 0.978. The monoisotopic (exact) mass is 1010 g/mol. The second-order valence-corrected chi connectivity index (χ2v) is 20.9. The van der Waals surface area contributed by atoms with E-state index in [1.165, 1.54) is 9.78 Å². The Bertz CT molecular complexity index is 2750. The number of carbonyl (C=O) groups is 4. The second kappa shape index (κ2) is 23.5. The van der Waals surface area contributed by atoms with Crippen LogP contribution >= 0.6 is 22.7 Å². The Hall–Kier alpha value is -5.96. The van der Waals surface area contributed by atoms with Gasteiger partial charge < -0.3 is 40.2 Å². The highest BCUT2D eigenvalue weighted by Crippen LogP contribution is 2.41. The zero-order chi connectivity index (χ0) is 51.0. The lowest BCUT2D eigenvalue weighted by Gasteiger charge is -2.35. The van der Waals surface area contributed by atoms with Gasteiger partial charge in [0.2, 0.25) is 23.6 Å². The van der Waals surface area contributed by atoms with Gasteiger partial charge in [0.15, 0.2) is 5.82 Å². The molecule has 71 heavy (non-hydrogen) atoms. The van der Waals surface area contributed by atoms with E-state index in [0.717, 1.165) is 54.7 Å². The molecular weight excluding hydrogens is 943 g/mol. The number of aliphatic imine (C=N–C) groups is 1. The third-order valence-corrected chi connectivity index (χ3v) is 14.7. The molecule has 7 rings (SSSR count). The van der Waals surface area contributed by atoms with Crippen LogP contribution < -0.4 is 16.0 Å². The number of hydrogen-bond donors (Lipinski definition) is 4. The van der Waals surface area contributed by atoms with Crippen molar-refractivity contribution in [3.63, 3.8) is 0 Å². The fraction of sp³-hybridized carbons (Fsp3) is 0.462. The average molecular weight is 1010 g/mol. The third-order valence-electron chi connectivity index (χ3n) is 12.6. The summed E-state index contributed by atoms with van der Waals surface area (Å²) in [6.45, 7) is 18.7. The average Bonchev–Trinajstić information content (AvgIpc) is 4.11. The van der Waals surface area contributed by atoms with Gasteiger partial charge in [-0.1, -0.05) is 80.9 Å². The summed E-state index contributed by atoms with van der Waals surface area (Å²) in [4.78, 5) is 67.5. The second-order valence-electron chi connectivity index (χ2n) is 18.9. The number of aliphatic hydroxyl groups excluding tert-OH is 1. The van der Waals surface area contributed by atoms with E-state index in [1.807, 2.05) is 82.8 Å². The first kappa shape index (κ1) is 52.9. The normalized spacial score (nSPS) is 17.3. The molecular formula is C52H65N9O8S2. The summed E-state index contributed by atoms with van der Waals surface area (Å²) in [5, 5.41) is 29.2. The van der Waals surface area contributed by atoms with E-state index >= 15 is 0 Å². The van der Waals surface area contributed by atoms with Crippen LogP contribution in [0.25, 0.3) is 15.4 Å². The molecule has 2 aliphatic heterocycles. The molecule has 4 amide bonds. The first-order valence-electron chi connectivity index (χ1n) is 23.9. The standard InChI is InChI=1S/C52H65N9O8S2/c1-10-39(44-47-59-58-34(6)61(47)51-42(31(3)33(5)71-51)43(57-44)36-15-11-30(2)12-16-36)48(64)53-19-20-67-21-22-68-23-24-69-28-41(63)56-46(52(7,8)9)50(66)60-27-38(62)25-40(60)49(65)54-26-35-13-17-37(18-14-35)45-32(4)55-29-70-45/h10-18,29,38,40,44,46,62H,19-28H2,1-9H3,(H,53,64)(H,54,65)(H,56,63)/b39-10-/t38-,40+,44+,46-/m1/s1. The van der Waals surface area contributed by atoms with Gasteiger partial charge in [-0.2, -0.15) is 0 Å². The van der Waals surface area contributed by atoms with Gasteiger partial charge in [0, 0.05) is 47.6 Å². The molecule has 378 valence electrons. The number of thiazole rings is 1. The molecule has 0 spiro atoms. The van der Waals surface area contributed by atoms with Crippen molar-refractivity contribution >= 4 is 52.0 Å². The maximum atomic E-state index is 14.0. The molecule has 1 fully saturated rings. The van der Waals surface area contributed by atoms with Crippen LogP contribution in [0.4, 0.5) is 0 Å². The van der Waals surface area contributed by atoms with E-state index in [4.69, 9.17) is 19.2 Å². The quantitative estimate of drug-likeness (QED) is 0.0540. The molecule has 4 atom stereocenters. The molecule has 0 aliphatic carbocycles. The molecule has 1 saturated heterocycles. The van der Waals surface area contributed by atoms with Crippen LogP contribution in [0.3, 0.4) is 0 Å². The molecule has 0 unspecified atom stereocenters. The summed E-state index contributed by atoms with van der Waals surface area (Å²) in [5.74, 6) is -0.335. The Labute approximate surface area is 423 Å². The topological polar surface area (TPSA) is 211 Å².